The second-order valence-corrected chi connectivity index (χ2v) is 10.6. The Morgan fingerprint density at radius 2 is 1.63 bits per heavy atom. The van der Waals surface area contributed by atoms with Crippen LogP contribution in [-0.4, -0.2) is 5.78 Å². The molecular formula is C34H36O. The Hall–Kier alpha value is -3.19. The van der Waals surface area contributed by atoms with Crippen LogP contribution in [0.3, 0.4) is 0 Å². The number of Topliss-reactive ketones (excluding diaryl/α,β-unsaturated/α-hetero) is 1. The molecule has 2 aliphatic rings. The van der Waals surface area contributed by atoms with E-state index in [0.29, 0.717) is 18.1 Å². The van der Waals surface area contributed by atoms with E-state index in [-0.39, 0.29) is 11.8 Å². The first kappa shape index (κ1) is 23.5. The van der Waals surface area contributed by atoms with Crippen molar-refractivity contribution in [2.45, 2.75) is 64.2 Å². The molecule has 35 heavy (non-hydrogen) atoms. The highest BCUT2D eigenvalue weighted by atomic mass is 16.1. The molecule has 3 aromatic carbocycles. The number of ketones is 1. The van der Waals surface area contributed by atoms with Crippen LogP contribution in [0.25, 0.3) is 5.57 Å². The van der Waals surface area contributed by atoms with Crippen molar-refractivity contribution >= 4 is 11.4 Å². The van der Waals surface area contributed by atoms with E-state index < -0.39 is 0 Å². The van der Waals surface area contributed by atoms with Crippen molar-refractivity contribution in [3.63, 3.8) is 0 Å². The van der Waals surface area contributed by atoms with Crippen molar-refractivity contribution in [3.05, 3.63) is 124 Å². The Morgan fingerprint density at radius 1 is 0.886 bits per heavy atom. The van der Waals surface area contributed by atoms with Crippen LogP contribution in [0.5, 0.6) is 0 Å². The van der Waals surface area contributed by atoms with E-state index in [1.807, 2.05) is 0 Å². The topological polar surface area (TPSA) is 17.1 Å². The molecule has 0 bridgehead atoms. The van der Waals surface area contributed by atoms with Gasteiger partial charge < -0.3 is 0 Å². The molecule has 1 heteroatoms. The molecule has 3 aromatic rings. The van der Waals surface area contributed by atoms with Crippen molar-refractivity contribution in [2.75, 3.05) is 0 Å². The summed E-state index contributed by atoms with van der Waals surface area (Å²) in [6.45, 7) is 4.54. The fourth-order valence-corrected chi connectivity index (χ4v) is 5.95. The minimum absolute atomic E-state index is 0.0669. The molecule has 0 radical (unpaired) electrons. The summed E-state index contributed by atoms with van der Waals surface area (Å²) in [5, 5.41) is 0. The summed E-state index contributed by atoms with van der Waals surface area (Å²) < 4.78 is 0. The zero-order valence-corrected chi connectivity index (χ0v) is 21.0. The molecule has 178 valence electrons. The Kier molecular flexibility index (Phi) is 7.13. The molecule has 0 aliphatic heterocycles. The standard InChI is InChI=1S/C34H36O/c1-24(2)23-25-15-17-28(18-16-25)34-29(19-21-31(34)27-9-4-3-5-10-27)20-22-33(35)32-14-8-12-26-11-6-7-13-30(26)32/h3-7,9-11,13,15-19,21,24,32,34H,8,12,14,20,22-23H2,1-2H3. The van der Waals surface area contributed by atoms with Gasteiger partial charge in [0.05, 0.1) is 0 Å². The van der Waals surface area contributed by atoms with E-state index in [1.54, 1.807) is 0 Å². The highest BCUT2D eigenvalue weighted by Gasteiger charge is 2.29. The Labute approximate surface area is 210 Å². The summed E-state index contributed by atoms with van der Waals surface area (Å²) in [6, 6.07) is 28.4. The van der Waals surface area contributed by atoms with E-state index in [1.165, 1.54) is 39.0 Å². The molecule has 1 nitrogen and oxygen atoms in total. The lowest BCUT2D eigenvalue weighted by molar-refractivity contribution is -0.120. The molecular weight excluding hydrogens is 424 g/mol. The molecule has 0 spiro atoms. The number of carbonyl (C=O) groups is 1. The molecule has 2 aliphatic carbocycles. The van der Waals surface area contributed by atoms with Crippen molar-refractivity contribution in [1.29, 1.82) is 0 Å². The third kappa shape index (κ3) is 5.25. The number of aryl methyl sites for hydroxylation is 1. The van der Waals surface area contributed by atoms with Gasteiger partial charge in [0.25, 0.3) is 0 Å². The molecule has 0 aromatic heterocycles. The highest BCUT2D eigenvalue weighted by molar-refractivity contribution is 5.87. The SMILES string of the molecule is CC(C)Cc1ccc(C2C(CCC(=O)C3CCCc4ccccc43)=CC=C2c2ccccc2)cc1. The second kappa shape index (κ2) is 10.6. The van der Waals surface area contributed by atoms with Crippen molar-refractivity contribution < 1.29 is 4.79 Å². The Morgan fingerprint density at radius 3 is 2.40 bits per heavy atom. The number of hydrogen-bond donors (Lipinski definition) is 0. The smallest absolute Gasteiger partial charge is 0.140 e. The molecule has 0 fully saturated rings. The maximum Gasteiger partial charge on any atom is 0.140 e. The largest absolute Gasteiger partial charge is 0.299 e. The predicted octanol–water partition coefficient (Wildman–Crippen LogP) is 8.46. The van der Waals surface area contributed by atoms with Gasteiger partial charge in [0.2, 0.25) is 0 Å². The minimum atomic E-state index is 0.0669. The van der Waals surface area contributed by atoms with Gasteiger partial charge in [0.1, 0.15) is 5.78 Å². The van der Waals surface area contributed by atoms with Crippen molar-refractivity contribution in [2.24, 2.45) is 5.92 Å². The summed E-state index contributed by atoms with van der Waals surface area (Å²) in [5.74, 6) is 1.34. The maximum atomic E-state index is 13.4. The fraction of sp³-hybridized carbons (Fsp3) is 0.324. The second-order valence-electron chi connectivity index (χ2n) is 10.6. The summed E-state index contributed by atoms with van der Waals surface area (Å²) in [6.07, 6.45) is 10.3. The first-order valence-electron chi connectivity index (χ1n) is 13.3. The molecule has 0 N–H and O–H groups in total. The summed E-state index contributed by atoms with van der Waals surface area (Å²) in [7, 11) is 0. The van der Waals surface area contributed by atoms with Gasteiger partial charge in [0, 0.05) is 18.3 Å². The summed E-state index contributed by atoms with van der Waals surface area (Å²) in [5.41, 5.74) is 9.32. The number of rotatable bonds is 8. The van der Waals surface area contributed by atoms with Gasteiger partial charge >= 0.3 is 0 Å². The van der Waals surface area contributed by atoms with Crippen LogP contribution >= 0.6 is 0 Å². The molecule has 5 rings (SSSR count). The average Bonchev–Trinajstić information content (AvgIpc) is 3.31. The van der Waals surface area contributed by atoms with E-state index in [0.717, 1.165) is 32.1 Å². The number of fused-ring (bicyclic) bond motifs is 1. The van der Waals surface area contributed by atoms with Crippen LogP contribution in [0.4, 0.5) is 0 Å². The van der Waals surface area contributed by atoms with Gasteiger partial charge in [-0.1, -0.05) is 110 Å². The van der Waals surface area contributed by atoms with Gasteiger partial charge in [-0.2, -0.15) is 0 Å². The van der Waals surface area contributed by atoms with Crippen molar-refractivity contribution in [1.82, 2.24) is 0 Å². The fourth-order valence-electron chi connectivity index (χ4n) is 5.95. The van der Waals surface area contributed by atoms with E-state index in [2.05, 4.69) is 105 Å². The number of benzene rings is 3. The van der Waals surface area contributed by atoms with Crippen LogP contribution in [-0.2, 0) is 17.6 Å². The van der Waals surface area contributed by atoms with Crippen molar-refractivity contribution in [3.8, 4) is 0 Å². The lowest BCUT2D eigenvalue weighted by Crippen LogP contribution is -2.18. The van der Waals surface area contributed by atoms with Crippen LogP contribution in [0, 0.1) is 5.92 Å². The average molecular weight is 461 g/mol. The molecule has 0 saturated carbocycles. The number of carbonyl (C=O) groups excluding carboxylic acids is 1. The third-order valence-electron chi connectivity index (χ3n) is 7.64. The Balaban J connectivity index is 1.36. The molecule has 0 amide bonds. The lowest BCUT2D eigenvalue weighted by atomic mass is 9.78. The molecule has 2 unspecified atom stereocenters. The maximum absolute atomic E-state index is 13.4. The van der Waals surface area contributed by atoms with E-state index in [9.17, 15) is 4.79 Å². The monoisotopic (exact) mass is 460 g/mol. The molecule has 0 heterocycles. The quantitative estimate of drug-likeness (QED) is 0.329. The minimum Gasteiger partial charge on any atom is -0.299 e. The zero-order valence-electron chi connectivity index (χ0n) is 21.0. The van der Waals surface area contributed by atoms with Gasteiger partial charge in [-0.15, -0.1) is 0 Å². The molecule has 2 atom stereocenters. The third-order valence-corrected chi connectivity index (χ3v) is 7.64. The van der Waals surface area contributed by atoms with Crippen LogP contribution in [0.2, 0.25) is 0 Å². The molecule has 0 saturated heterocycles. The summed E-state index contributed by atoms with van der Waals surface area (Å²) in [4.78, 5) is 13.4. The predicted molar refractivity (Wildman–Crippen MR) is 147 cm³/mol. The first-order chi connectivity index (χ1) is 17.1. The summed E-state index contributed by atoms with van der Waals surface area (Å²) >= 11 is 0. The highest BCUT2D eigenvalue weighted by Crippen LogP contribution is 2.44. The first-order valence-corrected chi connectivity index (χ1v) is 13.3. The Bertz CT molecular complexity index is 1230. The normalized spacial score (nSPS) is 19.3. The van der Waals surface area contributed by atoms with Gasteiger partial charge in [-0.25, -0.2) is 0 Å². The van der Waals surface area contributed by atoms with Gasteiger partial charge in [-0.3, -0.25) is 4.79 Å². The van der Waals surface area contributed by atoms with E-state index >= 15 is 0 Å². The van der Waals surface area contributed by atoms with Crippen LogP contribution < -0.4 is 0 Å². The van der Waals surface area contributed by atoms with E-state index in [4.69, 9.17) is 0 Å². The zero-order chi connectivity index (χ0) is 24.2. The number of allylic oxidation sites excluding steroid dienone is 4. The van der Waals surface area contributed by atoms with Gasteiger partial charge in [-0.05, 0) is 71.4 Å². The number of hydrogen-bond acceptors (Lipinski definition) is 1. The van der Waals surface area contributed by atoms with Crippen LogP contribution in [0.15, 0.2) is 96.6 Å². The van der Waals surface area contributed by atoms with Gasteiger partial charge in [0.15, 0.2) is 0 Å². The van der Waals surface area contributed by atoms with Crippen LogP contribution in [0.1, 0.15) is 79.2 Å². The lowest BCUT2D eigenvalue weighted by Gasteiger charge is -2.25.